The van der Waals surface area contributed by atoms with Crippen molar-refractivity contribution >= 4 is 40.9 Å². The molecule has 1 aromatic carbocycles. The lowest BCUT2D eigenvalue weighted by Gasteiger charge is -2.27. The highest BCUT2D eigenvalue weighted by Gasteiger charge is 2.35. The van der Waals surface area contributed by atoms with Gasteiger partial charge in [-0.15, -0.1) is 0 Å². The van der Waals surface area contributed by atoms with Crippen molar-refractivity contribution in [3.8, 4) is 0 Å². The summed E-state index contributed by atoms with van der Waals surface area (Å²) in [7, 11) is 1.63. The van der Waals surface area contributed by atoms with Crippen LogP contribution in [0.25, 0.3) is 0 Å². The van der Waals surface area contributed by atoms with Crippen LogP contribution in [0.5, 0.6) is 0 Å². The average Bonchev–Trinajstić information content (AvgIpc) is 3.16. The normalized spacial score (nSPS) is 22.6. The molecule has 2 fully saturated rings. The number of anilines is 2. The summed E-state index contributed by atoms with van der Waals surface area (Å²) in [6.45, 7) is 0.985. The van der Waals surface area contributed by atoms with E-state index in [-0.39, 0.29) is 5.91 Å². The molecule has 1 aromatic rings. The molecule has 27 heavy (non-hydrogen) atoms. The minimum Gasteiger partial charge on any atom is -0.376 e. The van der Waals surface area contributed by atoms with Gasteiger partial charge in [0.15, 0.2) is 0 Å². The predicted octanol–water partition coefficient (Wildman–Crippen LogP) is 1.78. The Balaban J connectivity index is 1.58. The fourth-order valence-electron chi connectivity index (χ4n) is 3.30. The van der Waals surface area contributed by atoms with Gasteiger partial charge in [0.2, 0.25) is 5.91 Å². The first-order valence-electron chi connectivity index (χ1n) is 9.15. The van der Waals surface area contributed by atoms with Crippen LogP contribution >= 0.6 is 11.8 Å². The number of hydrogen-bond acceptors (Lipinski definition) is 5. The van der Waals surface area contributed by atoms with E-state index >= 15 is 0 Å². The third kappa shape index (κ3) is 4.81. The number of amides is 3. The number of rotatable bonds is 5. The fraction of sp³-hybridized carbons (Fsp3) is 0.526. The number of carbonyl (C=O) groups is 3. The van der Waals surface area contributed by atoms with E-state index in [2.05, 4.69) is 10.6 Å². The summed E-state index contributed by atoms with van der Waals surface area (Å²) in [6.07, 6.45) is 3.26. The molecule has 3 amide bonds. The molecular weight excluding hydrogens is 366 g/mol. The van der Waals surface area contributed by atoms with Gasteiger partial charge in [0.05, 0.1) is 5.60 Å². The molecule has 0 saturated carbocycles. The molecule has 1 atom stereocenters. The van der Waals surface area contributed by atoms with Crippen molar-refractivity contribution in [2.75, 3.05) is 41.9 Å². The molecule has 0 aromatic heterocycles. The summed E-state index contributed by atoms with van der Waals surface area (Å²) in [4.78, 5) is 38.2. The molecule has 2 saturated heterocycles. The molecule has 2 N–H and O–H groups in total. The van der Waals surface area contributed by atoms with E-state index in [0.29, 0.717) is 25.2 Å². The number of carbonyl (C=O) groups excluding carboxylic acids is 3. The van der Waals surface area contributed by atoms with Crippen molar-refractivity contribution in [3.05, 3.63) is 24.3 Å². The van der Waals surface area contributed by atoms with Gasteiger partial charge in [-0.25, -0.2) is 0 Å². The Morgan fingerprint density at radius 2 is 2.15 bits per heavy atom. The topological polar surface area (TPSA) is 87.7 Å². The lowest BCUT2D eigenvalue weighted by Crippen LogP contribution is -2.47. The van der Waals surface area contributed by atoms with Crippen LogP contribution < -0.4 is 15.5 Å². The van der Waals surface area contributed by atoms with Crippen molar-refractivity contribution in [1.82, 2.24) is 5.32 Å². The number of ether oxygens (including phenoxy) is 1. The Bertz CT molecular complexity index is 719. The van der Waals surface area contributed by atoms with Crippen LogP contribution in [-0.2, 0) is 19.1 Å². The Morgan fingerprint density at radius 3 is 2.85 bits per heavy atom. The third-order valence-corrected chi connectivity index (χ3v) is 6.24. The predicted molar refractivity (Wildman–Crippen MR) is 106 cm³/mol. The minimum atomic E-state index is -0.728. The second-order valence-corrected chi connectivity index (χ2v) is 7.98. The molecule has 0 spiro atoms. The Labute approximate surface area is 163 Å². The molecule has 0 bridgehead atoms. The highest BCUT2D eigenvalue weighted by molar-refractivity contribution is 7.99. The summed E-state index contributed by atoms with van der Waals surface area (Å²) in [5, 5.41) is 5.27. The Hall–Kier alpha value is -2.06. The molecule has 2 aliphatic heterocycles. The molecule has 0 aliphatic carbocycles. The quantitative estimate of drug-likeness (QED) is 0.747. The lowest BCUT2D eigenvalue weighted by molar-refractivity contribution is -0.136. The monoisotopic (exact) mass is 391 g/mol. The van der Waals surface area contributed by atoms with Crippen LogP contribution in [0.2, 0.25) is 0 Å². The van der Waals surface area contributed by atoms with Crippen LogP contribution in [0.3, 0.4) is 0 Å². The van der Waals surface area contributed by atoms with E-state index < -0.39 is 17.4 Å². The van der Waals surface area contributed by atoms with Crippen molar-refractivity contribution in [2.24, 2.45) is 0 Å². The number of hydrogen-bond donors (Lipinski definition) is 2. The zero-order chi connectivity index (χ0) is 19.3. The van der Waals surface area contributed by atoms with E-state index in [1.165, 1.54) is 0 Å². The Morgan fingerprint density at radius 1 is 1.30 bits per heavy atom. The van der Waals surface area contributed by atoms with E-state index in [1.807, 2.05) is 6.07 Å². The van der Waals surface area contributed by atoms with Gasteiger partial charge in [-0.1, -0.05) is 6.07 Å². The second-order valence-electron chi connectivity index (χ2n) is 6.88. The number of methoxy groups -OCH3 is 1. The van der Waals surface area contributed by atoms with Crippen LogP contribution in [-0.4, -0.2) is 55.0 Å². The molecular formula is C19H25N3O4S. The van der Waals surface area contributed by atoms with Crippen LogP contribution in [0.4, 0.5) is 11.4 Å². The van der Waals surface area contributed by atoms with Gasteiger partial charge in [-0.3, -0.25) is 14.4 Å². The molecule has 2 heterocycles. The number of benzene rings is 1. The van der Waals surface area contributed by atoms with Crippen molar-refractivity contribution in [2.45, 2.75) is 31.3 Å². The Kier molecular flexibility index (Phi) is 6.38. The van der Waals surface area contributed by atoms with Crippen LogP contribution in [0.1, 0.15) is 25.7 Å². The first-order valence-corrected chi connectivity index (χ1v) is 10.3. The zero-order valence-electron chi connectivity index (χ0n) is 15.5. The molecule has 1 unspecified atom stereocenters. The van der Waals surface area contributed by atoms with Crippen LogP contribution in [0.15, 0.2) is 24.3 Å². The van der Waals surface area contributed by atoms with Gasteiger partial charge in [0, 0.05) is 43.7 Å². The number of nitrogens with one attached hydrogen (secondary N) is 2. The summed E-state index contributed by atoms with van der Waals surface area (Å²) in [5.74, 6) is 0.452. The standard InChI is InChI=1S/C19H25N3O4S/c1-26-19(8-10-27-13-19)12-20-17(24)18(25)21-14-5-4-6-15(11-14)22-9-3-2-7-16(22)23/h4-6,11H,2-3,7-10,12-13H2,1H3,(H,20,24)(H,21,25). The van der Waals surface area contributed by atoms with Gasteiger partial charge in [-0.2, -0.15) is 11.8 Å². The van der Waals surface area contributed by atoms with Crippen molar-refractivity contribution in [1.29, 1.82) is 0 Å². The number of nitrogens with zero attached hydrogens (tertiary/aromatic N) is 1. The van der Waals surface area contributed by atoms with E-state index in [4.69, 9.17) is 4.74 Å². The van der Waals surface area contributed by atoms with Gasteiger partial charge >= 0.3 is 11.8 Å². The SMILES string of the molecule is COC1(CNC(=O)C(=O)Nc2cccc(N3CCCCC3=O)c2)CCSC1. The van der Waals surface area contributed by atoms with Crippen LogP contribution in [0, 0.1) is 0 Å². The first-order chi connectivity index (χ1) is 13.0. The summed E-state index contributed by atoms with van der Waals surface area (Å²) < 4.78 is 5.54. The molecule has 2 aliphatic rings. The molecule has 0 radical (unpaired) electrons. The third-order valence-electron chi connectivity index (χ3n) is 5.02. The van der Waals surface area contributed by atoms with Gasteiger partial charge in [0.1, 0.15) is 0 Å². The maximum atomic E-state index is 12.2. The summed E-state index contributed by atoms with van der Waals surface area (Å²) >= 11 is 1.77. The van der Waals surface area contributed by atoms with E-state index in [9.17, 15) is 14.4 Å². The van der Waals surface area contributed by atoms with Gasteiger partial charge < -0.3 is 20.3 Å². The average molecular weight is 391 g/mol. The number of thioether (sulfide) groups is 1. The van der Waals surface area contributed by atoms with Gasteiger partial charge in [0.25, 0.3) is 0 Å². The van der Waals surface area contributed by atoms with E-state index in [1.54, 1.807) is 42.0 Å². The summed E-state index contributed by atoms with van der Waals surface area (Å²) in [5.41, 5.74) is 0.831. The second kappa shape index (κ2) is 8.75. The highest BCUT2D eigenvalue weighted by atomic mass is 32.2. The van der Waals surface area contributed by atoms with Gasteiger partial charge in [-0.05, 0) is 43.2 Å². The fourth-order valence-corrected chi connectivity index (χ4v) is 4.70. The van der Waals surface area contributed by atoms with Crippen molar-refractivity contribution < 1.29 is 19.1 Å². The summed E-state index contributed by atoms with van der Waals surface area (Å²) in [6, 6.07) is 7.02. The minimum absolute atomic E-state index is 0.0850. The maximum Gasteiger partial charge on any atom is 0.313 e. The lowest BCUT2D eigenvalue weighted by atomic mass is 10.0. The zero-order valence-corrected chi connectivity index (χ0v) is 16.3. The molecule has 3 rings (SSSR count). The first kappa shape index (κ1) is 19.7. The maximum absolute atomic E-state index is 12.2. The largest absolute Gasteiger partial charge is 0.376 e. The molecule has 146 valence electrons. The van der Waals surface area contributed by atoms with Crippen molar-refractivity contribution in [3.63, 3.8) is 0 Å². The van der Waals surface area contributed by atoms with E-state index in [0.717, 1.165) is 36.5 Å². The highest BCUT2D eigenvalue weighted by Crippen LogP contribution is 2.30. The number of piperidine rings is 1. The molecule has 8 heteroatoms. The molecule has 7 nitrogen and oxygen atoms in total. The smallest absolute Gasteiger partial charge is 0.313 e.